The van der Waals surface area contributed by atoms with E-state index in [1.54, 1.807) is 6.07 Å². The Balaban J connectivity index is -0.00000000667. The molecule has 0 saturated heterocycles. The molecule has 39 valence electrons. The molecule has 0 aliphatic heterocycles. The normalized spacial score (nSPS) is 1.33. The van der Waals surface area contributed by atoms with Gasteiger partial charge in [0.05, 0.1) is 6.07 Å². The zero-order valence-electron chi connectivity index (χ0n) is 3.14. The first-order valence-electron chi connectivity index (χ1n) is 0.724. The fraction of sp³-hybridized carbons (Fsp3) is 0.500. The molecule has 0 aliphatic carbocycles. The van der Waals surface area contributed by atoms with Crippen molar-refractivity contribution in [3.63, 3.8) is 0 Å². The molecule has 0 unspecified atom stereocenters. The molecule has 4 heteroatoms. The summed E-state index contributed by atoms with van der Waals surface area (Å²) in [6, 6.07) is 1.75. The van der Waals surface area contributed by atoms with E-state index in [1.165, 1.54) is 6.92 Å². The summed E-state index contributed by atoms with van der Waals surface area (Å²) < 4.78 is 0. The molecule has 0 bridgehead atoms. The van der Waals surface area contributed by atoms with Gasteiger partial charge in [0.15, 0.2) is 0 Å². The summed E-state index contributed by atoms with van der Waals surface area (Å²) in [6.07, 6.45) is 0. The Morgan fingerprint density at radius 3 is 1.33 bits per heavy atom. The molecule has 0 saturated carbocycles. The molecule has 0 atom stereocenters. The second-order valence-electron chi connectivity index (χ2n) is 0.224. The van der Waals surface area contributed by atoms with Crippen LogP contribution in [0.4, 0.5) is 0 Å². The molecule has 0 spiro atoms. The van der Waals surface area contributed by atoms with Gasteiger partial charge in [-0.2, -0.15) is 5.26 Å². The van der Waals surface area contributed by atoms with Crippen molar-refractivity contribution in [2.24, 2.45) is 0 Å². The summed E-state index contributed by atoms with van der Waals surface area (Å²) in [6.45, 7) is 1.43. The van der Waals surface area contributed by atoms with Crippen molar-refractivity contribution < 1.29 is 28.0 Å². The topological polar surface area (TPSA) is 80.8 Å². The maximum Gasteiger partial charge on any atom is 0.0587 e. The minimum absolute atomic E-state index is 0. The SMILES string of the molecule is CC#N.[Mn].[O-2].[O-2]. The van der Waals surface area contributed by atoms with Gasteiger partial charge in [0, 0.05) is 24.0 Å². The second-order valence-corrected chi connectivity index (χ2v) is 0.224. The molecule has 0 heterocycles. The number of hydrogen-bond acceptors (Lipinski definition) is 1. The van der Waals surface area contributed by atoms with Gasteiger partial charge in [-0.1, -0.05) is 0 Å². The van der Waals surface area contributed by atoms with Crippen molar-refractivity contribution >= 4 is 0 Å². The van der Waals surface area contributed by atoms with E-state index >= 15 is 0 Å². The summed E-state index contributed by atoms with van der Waals surface area (Å²) in [5.74, 6) is 0. The summed E-state index contributed by atoms with van der Waals surface area (Å²) in [4.78, 5) is 0. The predicted molar refractivity (Wildman–Crippen MR) is 12.7 cm³/mol. The maximum atomic E-state index is 7.32. The van der Waals surface area contributed by atoms with E-state index in [-0.39, 0.29) is 28.0 Å². The number of rotatable bonds is 0. The van der Waals surface area contributed by atoms with E-state index in [1.807, 2.05) is 0 Å². The van der Waals surface area contributed by atoms with Crippen LogP contribution in [0.25, 0.3) is 0 Å². The Labute approximate surface area is 47.1 Å². The van der Waals surface area contributed by atoms with Crippen molar-refractivity contribution in [2.75, 3.05) is 0 Å². The average Bonchev–Trinajstić information content (AvgIpc) is 0.918. The van der Waals surface area contributed by atoms with Crippen LogP contribution in [0.1, 0.15) is 6.92 Å². The molecule has 1 radical (unpaired) electrons. The summed E-state index contributed by atoms with van der Waals surface area (Å²) in [5, 5.41) is 7.32. The number of hydrogen-bond donors (Lipinski definition) is 0. The second kappa shape index (κ2) is 88.1. The van der Waals surface area contributed by atoms with Gasteiger partial charge in [-0.3, -0.25) is 0 Å². The Hall–Kier alpha value is -0.0705. The summed E-state index contributed by atoms with van der Waals surface area (Å²) >= 11 is 0. The van der Waals surface area contributed by atoms with Crippen LogP contribution >= 0.6 is 0 Å². The molecular formula is C2H3MnNO2-4. The molecule has 0 aliphatic rings. The molecule has 0 N–H and O–H groups in total. The van der Waals surface area contributed by atoms with Crippen LogP contribution in [-0.2, 0) is 28.0 Å². The van der Waals surface area contributed by atoms with E-state index in [0.717, 1.165) is 0 Å². The predicted octanol–water partition coefficient (Wildman–Crippen LogP) is 0.290. The van der Waals surface area contributed by atoms with Gasteiger partial charge in [0.1, 0.15) is 0 Å². The third-order valence-corrected chi connectivity index (χ3v) is 0. The molecule has 0 aromatic rings. The van der Waals surface area contributed by atoms with E-state index in [4.69, 9.17) is 5.26 Å². The van der Waals surface area contributed by atoms with Crippen molar-refractivity contribution in [1.82, 2.24) is 0 Å². The monoisotopic (exact) mass is 128 g/mol. The van der Waals surface area contributed by atoms with Gasteiger partial charge in [-0.25, -0.2) is 0 Å². The molecule has 0 amide bonds. The molecule has 3 nitrogen and oxygen atoms in total. The minimum Gasteiger partial charge on any atom is -2.00 e. The maximum absolute atomic E-state index is 7.32. The van der Waals surface area contributed by atoms with Crippen LogP contribution < -0.4 is 0 Å². The van der Waals surface area contributed by atoms with Gasteiger partial charge in [-0.15, -0.1) is 0 Å². The Bertz CT molecular complexity index is 33.0. The van der Waals surface area contributed by atoms with Crippen molar-refractivity contribution in [3.8, 4) is 6.07 Å². The first-order valence-corrected chi connectivity index (χ1v) is 0.724. The Morgan fingerprint density at radius 1 is 1.33 bits per heavy atom. The summed E-state index contributed by atoms with van der Waals surface area (Å²) in [7, 11) is 0. The van der Waals surface area contributed by atoms with Gasteiger partial charge in [0.25, 0.3) is 0 Å². The van der Waals surface area contributed by atoms with Crippen LogP contribution in [0.15, 0.2) is 0 Å². The van der Waals surface area contributed by atoms with Crippen LogP contribution in [0, 0.1) is 11.3 Å². The van der Waals surface area contributed by atoms with E-state index in [0.29, 0.717) is 0 Å². The third-order valence-electron chi connectivity index (χ3n) is 0. The Kier molecular flexibility index (Phi) is 568. The van der Waals surface area contributed by atoms with Crippen LogP contribution in [0.3, 0.4) is 0 Å². The minimum atomic E-state index is 0. The van der Waals surface area contributed by atoms with E-state index < -0.39 is 0 Å². The molecule has 0 aromatic carbocycles. The molecular weight excluding hydrogens is 125 g/mol. The van der Waals surface area contributed by atoms with E-state index in [2.05, 4.69) is 0 Å². The smallest absolute Gasteiger partial charge is 0.0587 e. The summed E-state index contributed by atoms with van der Waals surface area (Å²) in [5.41, 5.74) is 0. The fourth-order valence-electron chi connectivity index (χ4n) is 0. The molecule has 0 aromatic heterocycles. The van der Waals surface area contributed by atoms with Gasteiger partial charge in [-0.05, 0) is 0 Å². The standard InChI is InChI=1S/C2H3N.Mn.2O/c1-2-3;;;/h1H3;;;/q;;2*-2. The first-order chi connectivity index (χ1) is 1.41. The largest absolute Gasteiger partial charge is 2.00 e. The van der Waals surface area contributed by atoms with Crippen molar-refractivity contribution in [1.29, 1.82) is 5.26 Å². The molecule has 6 heavy (non-hydrogen) atoms. The van der Waals surface area contributed by atoms with Gasteiger partial charge < -0.3 is 11.0 Å². The zero-order valence-corrected chi connectivity index (χ0v) is 4.32. The third kappa shape index (κ3) is 6780. The van der Waals surface area contributed by atoms with E-state index in [9.17, 15) is 0 Å². The fourth-order valence-corrected chi connectivity index (χ4v) is 0. The van der Waals surface area contributed by atoms with Gasteiger partial charge >= 0.3 is 0 Å². The Morgan fingerprint density at radius 2 is 1.33 bits per heavy atom. The number of nitrogens with zero attached hydrogens (tertiary/aromatic N) is 1. The number of nitriles is 1. The van der Waals surface area contributed by atoms with Crippen LogP contribution in [-0.4, -0.2) is 0 Å². The van der Waals surface area contributed by atoms with Gasteiger partial charge in [0.2, 0.25) is 0 Å². The zero-order chi connectivity index (χ0) is 2.71. The van der Waals surface area contributed by atoms with Crippen LogP contribution in [0.5, 0.6) is 0 Å². The quantitative estimate of drug-likeness (QED) is 0.431. The molecule has 0 fully saturated rings. The average molecular weight is 128 g/mol. The first kappa shape index (κ1) is 38.7. The van der Waals surface area contributed by atoms with Crippen molar-refractivity contribution in [2.45, 2.75) is 6.92 Å². The molecule has 0 rings (SSSR count). The van der Waals surface area contributed by atoms with Crippen LogP contribution in [0.2, 0.25) is 0 Å². The van der Waals surface area contributed by atoms with Crippen molar-refractivity contribution in [3.05, 3.63) is 0 Å².